The fraction of sp³-hybridized carbons (Fsp3) is 0.350. The van der Waals surface area contributed by atoms with Gasteiger partial charge in [0.15, 0.2) is 6.04 Å². The van der Waals surface area contributed by atoms with Gasteiger partial charge in [-0.25, -0.2) is 12.8 Å². The smallest absolute Gasteiger partial charge is 0.284 e. The second-order valence-corrected chi connectivity index (χ2v) is 8.91. The first kappa shape index (κ1) is 20.4. The molecule has 0 aliphatic carbocycles. The standard InChI is InChI=1S/C20H24FN3O3S/c1-16(20(25)22(2)18-6-4-3-5-7-18)23-12-14-24(15-13-23)28(26,27)19-10-8-17(21)9-11-19/h3-11,16H,12-15H2,1-2H3/p+1/t16-/m1/s1. The molecular weight excluding hydrogens is 381 g/mol. The lowest BCUT2D eigenvalue weighted by Gasteiger charge is -2.35. The number of quaternary nitrogens is 1. The van der Waals surface area contributed by atoms with Crippen LogP contribution in [0, 0.1) is 5.82 Å². The van der Waals surface area contributed by atoms with Crippen molar-refractivity contribution >= 4 is 21.6 Å². The predicted octanol–water partition coefficient (Wildman–Crippen LogP) is 0.766. The first-order valence-electron chi connectivity index (χ1n) is 9.23. The summed E-state index contributed by atoms with van der Waals surface area (Å²) < 4.78 is 39.9. The minimum Gasteiger partial charge on any atom is -0.323 e. The fourth-order valence-corrected chi connectivity index (χ4v) is 4.89. The summed E-state index contributed by atoms with van der Waals surface area (Å²) in [5, 5.41) is 0. The van der Waals surface area contributed by atoms with Crippen molar-refractivity contribution in [1.82, 2.24) is 4.31 Å². The highest BCUT2D eigenvalue weighted by molar-refractivity contribution is 7.89. The third-order valence-corrected chi connectivity index (χ3v) is 7.19. The van der Waals surface area contributed by atoms with Gasteiger partial charge in [0.2, 0.25) is 10.0 Å². The lowest BCUT2D eigenvalue weighted by molar-refractivity contribution is -0.917. The number of likely N-dealkylation sites (N-methyl/N-ethyl adjacent to an activating group) is 1. The van der Waals surface area contributed by atoms with Gasteiger partial charge in [-0.05, 0) is 43.3 Å². The first-order chi connectivity index (χ1) is 13.3. The zero-order valence-electron chi connectivity index (χ0n) is 16.0. The molecule has 2 aromatic rings. The summed E-state index contributed by atoms with van der Waals surface area (Å²) in [5.41, 5.74) is 0.830. The number of hydrogen-bond donors (Lipinski definition) is 1. The minimum absolute atomic E-state index is 0.00367. The number of halogens is 1. The highest BCUT2D eigenvalue weighted by atomic mass is 32.2. The number of sulfonamides is 1. The van der Waals surface area contributed by atoms with E-state index in [-0.39, 0.29) is 16.8 Å². The molecule has 1 N–H and O–H groups in total. The van der Waals surface area contributed by atoms with Crippen LogP contribution < -0.4 is 9.80 Å². The van der Waals surface area contributed by atoms with Crippen LogP contribution in [0.1, 0.15) is 6.92 Å². The van der Waals surface area contributed by atoms with Crippen LogP contribution in [0.25, 0.3) is 0 Å². The van der Waals surface area contributed by atoms with Crippen molar-refractivity contribution in [3.8, 4) is 0 Å². The third kappa shape index (κ3) is 4.24. The number of rotatable bonds is 5. The Morgan fingerprint density at radius 1 is 1.07 bits per heavy atom. The van der Waals surface area contributed by atoms with Gasteiger partial charge in [0.05, 0.1) is 31.1 Å². The molecule has 1 fully saturated rings. The summed E-state index contributed by atoms with van der Waals surface area (Å²) >= 11 is 0. The van der Waals surface area contributed by atoms with Gasteiger partial charge < -0.3 is 9.80 Å². The largest absolute Gasteiger partial charge is 0.323 e. The van der Waals surface area contributed by atoms with E-state index in [2.05, 4.69) is 0 Å². The van der Waals surface area contributed by atoms with Gasteiger partial charge in [0, 0.05) is 12.7 Å². The van der Waals surface area contributed by atoms with Crippen LogP contribution in [0.2, 0.25) is 0 Å². The van der Waals surface area contributed by atoms with Gasteiger partial charge in [-0.15, -0.1) is 0 Å². The minimum atomic E-state index is -3.65. The van der Waals surface area contributed by atoms with E-state index in [4.69, 9.17) is 0 Å². The third-order valence-electron chi connectivity index (χ3n) is 5.27. The molecule has 1 amide bonds. The van der Waals surface area contributed by atoms with Crippen molar-refractivity contribution in [2.75, 3.05) is 38.1 Å². The maximum absolute atomic E-state index is 13.1. The topological polar surface area (TPSA) is 62.1 Å². The molecule has 8 heteroatoms. The normalized spacial score (nSPS) is 17.2. The van der Waals surface area contributed by atoms with E-state index < -0.39 is 15.8 Å². The van der Waals surface area contributed by atoms with Crippen LogP contribution in [-0.2, 0) is 14.8 Å². The van der Waals surface area contributed by atoms with E-state index in [1.807, 2.05) is 37.3 Å². The second-order valence-electron chi connectivity index (χ2n) is 6.97. The SMILES string of the molecule is C[C@H](C(=O)N(C)c1ccccc1)[NH+]1CCN(S(=O)(=O)c2ccc(F)cc2)CC1. The number of nitrogens with one attached hydrogen (secondary N) is 1. The van der Waals surface area contributed by atoms with Gasteiger partial charge in [-0.2, -0.15) is 4.31 Å². The highest BCUT2D eigenvalue weighted by Gasteiger charge is 2.35. The molecule has 0 spiro atoms. The lowest BCUT2D eigenvalue weighted by atomic mass is 10.2. The summed E-state index contributed by atoms with van der Waals surface area (Å²) in [7, 11) is -1.90. The van der Waals surface area contributed by atoms with Crippen LogP contribution in [0.3, 0.4) is 0 Å². The van der Waals surface area contributed by atoms with Crippen LogP contribution >= 0.6 is 0 Å². The molecular formula is C20H25FN3O3S+. The Labute approximate surface area is 165 Å². The molecule has 3 rings (SSSR count). The summed E-state index contributed by atoms with van der Waals surface area (Å²) in [4.78, 5) is 15.6. The van der Waals surface area contributed by atoms with Gasteiger partial charge >= 0.3 is 0 Å². The Balaban J connectivity index is 1.63. The van der Waals surface area contributed by atoms with Gasteiger partial charge in [0.25, 0.3) is 5.91 Å². The summed E-state index contributed by atoms with van der Waals surface area (Å²) in [6.07, 6.45) is 0. The molecule has 1 heterocycles. The molecule has 150 valence electrons. The quantitative estimate of drug-likeness (QED) is 0.798. The monoisotopic (exact) mass is 406 g/mol. The van der Waals surface area contributed by atoms with Crippen molar-refractivity contribution in [2.24, 2.45) is 0 Å². The number of piperazine rings is 1. The lowest BCUT2D eigenvalue weighted by Crippen LogP contribution is -3.19. The van der Waals surface area contributed by atoms with E-state index in [0.717, 1.165) is 22.7 Å². The average Bonchev–Trinajstić information content (AvgIpc) is 2.73. The molecule has 1 aliphatic rings. The van der Waals surface area contributed by atoms with Gasteiger partial charge in [0.1, 0.15) is 5.82 Å². The molecule has 6 nitrogen and oxygen atoms in total. The summed E-state index contributed by atoms with van der Waals surface area (Å²) in [6.45, 7) is 3.59. The van der Waals surface area contributed by atoms with Crippen molar-refractivity contribution in [1.29, 1.82) is 0 Å². The van der Waals surface area contributed by atoms with Crippen molar-refractivity contribution < 1.29 is 22.5 Å². The first-order valence-corrected chi connectivity index (χ1v) is 10.7. The number of benzene rings is 2. The molecule has 1 saturated heterocycles. The van der Waals surface area contributed by atoms with Crippen LogP contribution in [0.5, 0.6) is 0 Å². The van der Waals surface area contributed by atoms with Crippen molar-refractivity contribution in [2.45, 2.75) is 17.9 Å². The Morgan fingerprint density at radius 3 is 2.21 bits per heavy atom. The van der Waals surface area contributed by atoms with Crippen LogP contribution in [0.4, 0.5) is 10.1 Å². The molecule has 0 aromatic heterocycles. The van der Waals surface area contributed by atoms with Crippen molar-refractivity contribution in [3.63, 3.8) is 0 Å². The number of amides is 1. The molecule has 1 aliphatic heterocycles. The highest BCUT2D eigenvalue weighted by Crippen LogP contribution is 2.16. The molecule has 0 radical (unpaired) electrons. The molecule has 0 bridgehead atoms. The molecule has 2 aromatic carbocycles. The molecule has 0 unspecified atom stereocenters. The van der Waals surface area contributed by atoms with E-state index in [9.17, 15) is 17.6 Å². The Kier molecular flexibility index (Phi) is 6.12. The number of nitrogens with zero attached hydrogens (tertiary/aromatic N) is 2. The number of para-hydroxylation sites is 1. The molecule has 0 saturated carbocycles. The predicted molar refractivity (Wildman–Crippen MR) is 105 cm³/mol. The second kappa shape index (κ2) is 8.38. The average molecular weight is 407 g/mol. The number of anilines is 1. The van der Waals surface area contributed by atoms with E-state index in [1.54, 1.807) is 11.9 Å². The Hall–Kier alpha value is -2.29. The molecule has 28 heavy (non-hydrogen) atoms. The number of carbonyl (C=O) groups excluding carboxylic acids is 1. The maximum Gasteiger partial charge on any atom is 0.284 e. The fourth-order valence-electron chi connectivity index (χ4n) is 3.45. The summed E-state index contributed by atoms with van der Waals surface area (Å²) in [5.74, 6) is -0.473. The van der Waals surface area contributed by atoms with Gasteiger partial charge in [-0.1, -0.05) is 18.2 Å². The van der Waals surface area contributed by atoms with Crippen LogP contribution in [-0.4, -0.2) is 57.9 Å². The summed E-state index contributed by atoms with van der Waals surface area (Å²) in [6, 6.07) is 14.0. The zero-order valence-corrected chi connectivity index (χ0v) is 16.8. The maximum atomic E-state index is 13.1. The Morgan fingerprint density at radius 2 is 1.64 bits per heavy atom. The number of carbonyl (C=O) groups is 1. The molecule has 1 atom stereocenters. The Bertz CT molecular complexity index is 911. The van der Waals surface area contributed by atoms with Gasteiger partial charge in [-0.3, -0.25) is 4.79 Å². The van der Waals surface area contributed by atoms with E-state index in [0.29, 0.717) is 26.2 Å². The van der Waals surface area contributed by atoms with E-state index in [1.165, 1.54) is 16.4 Å². The zero-order chi connectivity index (χ0) is 20.3. The van der Waals surface area contributed by atoms with Crippen molar-refractivity contribution in [3.05, 3.63) is 60.4 Å². The van der Waals surface area contributed by atoms with Crippen LogP contribution in [0.15, 0.2) is 59.5 Å². The van der Waals surface area contributed by atoms with E-state index >= 15 is 0 Å². The number of hydrogen-bond acceptors (Lipinski definition) is 3.